The van der Waals surface area contributed by atoms with Crippen LogP contribution in [0.2, 0.25) is 0 Å². The van der Waals surface area contributed by atoms with E-state index in [0.717, 1.165) is 36.7 Å². The molecule has 3 aromatic carbocycles. The van der Waals surface area contributed by atoms with Crippen molar-refractivity contribution in [2.45, 2.75) is 25.4 Å². The summed E-state index contributed by atoms with van der Waals surface area (Å²) in [5.41, 5.74) is 1.46. The SMILES string of the molecule is COC(COc1cccc2ccccc12)CN1CCC(Cc2ccccc2)CC1. The predicted octanol–water partition coefficient (Wildman–Crippen LogP) is 5.19. The molecule has 3 nitrogen and oxygen atoms in total. The van der Waals surface area contributed by atoms with E-state index in [2.05, 4.69) is 71.6 Å². The summed E-state index contributed by atoms with van der Waals surface area (Å²) in [6.07, 6.45) is 3.80. The zero-order valence-corrected chi connectivity index (χ0v) is 17.3. The Morgan fingerprint density at radius 1 is 0.897 bits per heavy atom. The van der Waals surface area contributed by atoms with Crippen LogP contribution >= 0.6 is 0 Å². The number of likely N-dealkylation sites (tertiary alicyclic amines) is 1. The molecular weight excluding hydrogens is 358 g/mol. The van der Waals surface area contributed by atoms with Crippen molar-refractivity contribution in [2.75, 3.05) is 33.4 Å². The third-order valence-corrected chi connectivity index (χ3v) is 6.04. The zero-order valence-electron chi connectivity index (χ0n) is 17.3. The molecule has 4 rings (SSSR count). The van der Waals surface area contributed by atoms with Gasteiger partial charge in [-0.2, -0.15) is 0 Å². The van der Waals surface area contributed by atoms with Gasteiger partial charge in [-0.3, -0.25) is 0 Å². The van der Waals surface area contributed by atoms with Crippen LogP contribution in [0.1, 0.15) is 18.4 Å². The van der Waals surface area contributed by atoms with Gasteiger partial charge >= 0.3 is 0 Å². The van der Waals surface area contributed by atoms with Crippen LogP contribution < -0.4 is 4.74 Å². The fraction of sp³-hybridized carbons (Fsp3) is 0.385. The molecule has 1 aliphatic heterocycles. The lowest BCUT2D eigenvalue weighted by Crippen LogP contribution is -2.41. The molecule has 152 valence electrons. The average Bonchev–Trinajstić information content (AvgIpc) is 2.78. The molecule has 0 spiro atoms. The molecule has 0 radical (unpaired) electrons. The maximum absolute atomic E-state index is 6.16. The smallest absolute Gasteiger partial charge is 0.127 e. The summed E-state index contributed by atoms with van der Waals surface area (Å²) >= 11 is 0. The van der Waals surface area contributed by atoms with E-state index in [9.17, 15) is 0 Å². The largest absolute Gasteiger partial charge is 0.490 e. The second-order valence-electron chi connectivity index (χ2n) is 8.08. The Labute approximate surface area is 174 Å². The highest BCUT2D eigenvalue weighted by Gasteiger charge is 2.22. The Morgan fingerprint density at radius 3 is 2.41 bits per heavy atom. The van der Waals surface area contributed by atoms with Crippen molar-refractivity contribution < 1.29 is 9.47 Å². The number of rotatable bonds is 8. The van der Waals surface area contributed by atoms with Crippen LogP contribution in [-0.2, 0) is 11.2 Å². The molecule has 3 aromatic rings. The van der Waals surface area contributed by atoms with Crippen LogP contribution in [0.3, 0.4) is 0 Å². The molecule has 0 N–H and O–H groups in total. The first-order chi connectivity index (χ1) is 14.3. The van der Waals surface area contributed by atoms with Crippen molar-refractivity contribution in [1.29, 1.82) is 0 Å². The van der Waals surface area contributed by atoms with Crippen LogP contribution in [0, 0.1) is 5.92 Å². The van der Waals surface area contributed by atoms with E-state index in [-0.39, 0.29) is 6.10 Å². The Hall–Kier alpha value is -2.36. The molecule has 1 fully saturated rings. The normalized spacial score (nSPS) is 16.7. The number of benzene rings is 3. The molecule has 0 aliphatic carbocycles. The molecule has 1 atom stereocenters. The van der Waals surface area contributed by atoms with Gasteiger partial charge in [-0.25, -0.2) is 0 Å². The fourth-order valence-corrected chi connectivity index (χ4v) is 4.31. The molecule has 1 heterocycles. The van der Waals surface area contributed by atoms with Gasteiger partial charge in [0.05, 0.1) is 0 Å². The summed E-state index contributed by atoms with van der Waals surface area (Å²) in [5, 5.41) is 2.37. The van der Waals surface area contributed by atoms with E-state index >= 15 is 0 Å². The predicted molar refractivity (Wildman–Crippen MR) is 120 cm³/mol. The molecule has 0 amide bonds. The number of hydrogen-bond donors (Lipinski definition) is 0. The number of nitrogens with zero attached hydrogens (tertiary/aromatic N) is 1. The molecule has 1 aliphatic rings. The summed E-state index contributed by atoms with van der Waals surface area (Å²) < 4.78 is 11.9. The average molecular weight is 390 g/mol. The van der Waals surface area contributed by atoms with Gasteiger partial charge in [0, 0.05) is 19.0 Å². The lowest BCUT2D eigenvalue weighted by Gasteiger charge is -2.34. The number of fused-ring (bicyclic) bond motifs is 1. The first kappa shape index (κ1) is 19.9. The second kappa shape index (κ2) is 9.91. The van der Waals surface area contributed by atoms with E-state index in [0.29, 0.717) is 6.61 Å². The Bertz CT molecular complexity index is 882. The second-order valence-corrected chi connectivity index (χ2v) is 8.08. The first-order valence-electron chi connectivity index (χ1n) is 10.7. The highest BCUT2D eigenvalue weighted by atomic mass is 16.5. The Morgan fingerprint density at radius 2 is 1.62 bits per heavy atom. The summed E-state index contributed by atoms with van der Waals surface area (Å²) in [6, 6.07) is 25.4. The van der Waals surface area contributed by atoms with Gasteiger partial charge in [0.2, 0.25) is 0 Å². The quantitative estimate of drug-likeness (QED) is 0.529. The number of ether oxygens (including phenoxy) is 2. The van der Waals surface area contributed by atoms with E-state index in [4.69, 9.17) is 9.47 Å². The van der Waals surface area contributed by atoms with Crippen LogP contribution in [0.25, 0.3) is 10.8 Å². The van der Waals surface area contributed by atoms with Gasteiger partial charge in [-0.05, 0) is 55.3 Å². The summed E-state index contributed by atoms with van der Waals surface area (Å²) in [4.78, 5) is 2.53. The van der Waals surface area contributed by atoms with Gasteiger partial charge in [-0.1, -0.05) is 66.7 Å². The van der Waals surface area contributed by atoms with Crippen molar-refractivity contribution in [3.05, 3.63) is 78.4 Å². The van der Waals surface area contributed by atoms with Crippen LogP contribution in [-0.4, -0.2) is 44.4 Å². The first-order valence-corrected chi connectivity index (χ1v) is 10.7. The van der Waals surface area contributed by atoms with E-state index in [1.807, 2.05) is 6.07 Å². The van der Waals surface area contributed by atoms with Crippen molar-refractivity contribution in [3.8, 4) is 5.75 Å². The third-order valence-electron chi connectivity index (χ3n) is 6.04. The maximum atomic E-state index is 6.16. The molecule has 29 heavy (non-hydrogen) atoms. The lowest BCUT2D eigenvalue weighted by molar-refractivity contribution is 0.0214. The summed E-state index contributed by atoms with van der Waals surface area (Å²) in [6.45, 7) is 3.80. The highest BCUT2D eigenvalue weighted by Crippen LogP contribution is 2.26. The molecule has 1 saturated heterocycles. The molecule has 0 aromatic heterocycles. The molecule has 1 unspecified atom stereocenters. The van der Waals surface area contributed by atoms with Crippen molar-refractivity contribution >= 4 is 10.8 Å². The summed E-state index contributed by atoms with van der Waals surface area (Å²) in [5.74, 6) is 1.73. The van der Waals surface area contributed by atoms with Gasteiger partial charge in [0.25, 0.3) is 0 Å². The number of piperidine rings is 1. The number of hydrogen-bond acceptors (Lipinski definition) is 3. The molecule has 3 heteroatoms. The van der Waals surface area contributed by atoms with Crippen molar-refractivity contribution in [2.24, 2.45) is 5.92 Å². The number of methoxy groups -OCH3 is 1. The standard InChI is InChI=1S/C26H31NO2/c1-28-24(20-29-26-13-7-11-23-10-5-6-12-25(23)26)19-27-16-14-22(15-17-27)18-21-8-3-2-4-9-21/h2-13,22,24H,14-20H2,1H3. The maximum Gasteiger partial charge on any atom is 0.127 e. The fourth-order valence-electron chi connectivity index (χ4n) is 4.31. The minimum atomic E-state index is 0.0830. The van der Waals surface area contributed by atoms with E-state index < -0.39 is 0 Å². The minimum absolute atomic E-state index is 0.0830. The summed E-state index contributed by atoms with van der Waals surface area (Å²) in [7, 11) is 1.79. The van der Waals surface area contributed by atoms with Crippen LogP contribution in [0.5, 0.6) is 5.75 Å². The highest BCUT2D eigenvalue weighted by molar-refractivity contribution is 5.88. The van der Waals surface area contributed by atoms with Gasteiger partial charge in [-0.15, -0.1) is 0 Å². The van der Waals surface area contributed by atoms with E-state index in [1.54, 1.807) is 7.11 Å². The van der Waals surface area contributed by atoms with E-state index in [1.165, 1.54) is 30.2 Å². The van der Waals surface area contributed by atoms with Crippen LogP contribution in [0.15, 0.2) is 72.8 Å². The monoisotopic (exact) mass is 389 g/mol. The van der Waals surface area contributed by atoms with Gasteiger partial charge < -0.3 is 14.4 Å². The van der Waals surface area contributed by atoms with Crippen LogP contribution in [0.4, 0.5) is 0 Å². The topological polar surface area (TPSA) is 21.7 Å². The zero-order chi connectivity index (χ0) is 19.9. The van der Waals surface area contributed by atoms with Crippen molar-refractivity contribution in [1.82, 2.24) is 4.90 Å². The Kier molecular flexibility index (Phi) is 6.81. The molecular formula is C26H31NO2. The molecule has 0 bridgehead atoms. The lowest BCUT2D eigenvalue weighted by atomic mass is 9.90. The minimum Gasteiger partial charge on any atom is -0.490 e. The van der Waals surface area contributed by atoms with Gasteiger partial charge in [0.15, 0.2) is 0 Å². The van der Waals surface area contributed by atoms with Crippen molar-refractivity contribution in [3.63, 3.8) is 0 Å². The van der Waals surface area contributed by atoms with Gasteiger partial charge in [0.1, 0.15) is 18.5 Å². The third kappa shape index (κ3) is 5.37. The molecule has 0 saturated carbocycles. The Balaban J connectivity index is 1.26.